The molecule has 1 aromatic heterocycles. The van der Waals surface area contributed by atoms with Crippen molar-refractivity contribution in [3.05, 3.63) is 65.6 Å². The van der Waals surface area contributed by atoms with Gasteiger partial charge in [0, 0.05) is 11.1 Å². The van der Waals surface area contributed by atoms with E-state index < -0.39 is 12.1 Å². The van der Waals surface area contributed by atoms with Crippen LogP contribution in [0.2, 0.25) is 0 Å². The second kappa shape index (κ2) is 7.56. The molecule has 0 saturated carbocycles. The maximum absolute atomic E-state index is 12.5. The quantitative estimate of drug-likeness (QED) is 0.624. The topological polar surface area (TPSA) is 83.7 Å². The van der Waals surface area contributed by atoms with Crippen molar-refractivity contribution in [3.63, 3.8) is 0 Å². The molecule has 7 nitrogen and oxygen atoms in total. The number of hydrogen-bond acceptors (Lipinski definition) is 7. The molecule has 7 heteroatoms. The van der Waals surface area contributed by atoms with E-state index in [1.165, 1.54) is 0 Å². The van der Waals surface area contributed by atoms with Crippen molar-refractivity contribution >= 4 is 12.0 Å². The minimum Gasteiger partial charge on any atom is -0.497 e. The van der Waals surface area contributed by atoms with Crippen LogP contribution in [0.5, 0.6) is 11.5 Å². The molecule has 0 fully saturated rings. The lowest BCUT2D eigenvalue weighted by atomic mass is 10.1. The fraction of sp³-hybridized carbons (Fsp3) is 0.190. The number of nitrogens with zero attached hydrogens (tertiary/aromatic N) is 2. The van der Waals surface area contributed by atoms with Gasteiger partial charge in [0.25, 0.3) is 5.89 Å². The first-order chi connectivity index (χ1) is 13.6. The number of benzene rings is 2. The average Bonchev–Trinajstić information content (AvgIpc) is 3.24. The number of carbonyl (C=O) groups is 1. The Morgan fingerprint density at radius 2 is 1.89 bits per heavy atom. The van der Waals surface area contributed by atoms with Crippen LogP contribution in [0, 0.1) is 0 Å². The summed E-state index contributed by atoms with van der Waals surface area (Å²) in [6, 6.07) is 14.7. The smallest absolute Gasteiger partial charge is 0.338 e. The van der Waals surface area contributed by atoms with Crippen LogP contribution in [0.3, 0.4) is 0 Å². The lowest BCUT2D eigenvalue weighted by Gasteiger charge is -2.18. The van der Waals surface area contributed by atoms with Crippen LogP contribution in [0.4, 0.5) is 0 Å². The number of hydrogen-bond donors (Lipinski definition) is 0. The van der Waals surface area contributed by atoms with Crippen molar-refractivity contribution in [3.8, 4) is 23.0 Å². The molecule has 0 N–H and O–H groups in total. The molecule has 3 aromatic rings. The van der Waals surface area contributed by atoms with Gasteiger partial charge in [0.2, 0.25) is 5.89 Å². The standard InChI is InChI=1S/C21H18N2O5/c1-13(19-22-23-20(28-19)14-7-9-17(25-2)10-8-14)27-21(24)16-11-15-5-3-4-6-18(15)26-12-16/h3-11,13H,12H2,1-2H3/t13-/m1/s1. The fourth-order valence-electron chi connectivity index (χ4n) is 2.77. The number of para-hydroxylation sites is 1. The van der Waals surface area contributed by atoms with Gasteiger partial charge in [0.1, 0.15) is 18.1 Å². The van der Waals surface area contributed by atoms with E-state index in [1.54, 1.807) is 32.2 Å². The van der Waals surface area contributed by atoms with E-state index in [9.17, 15) is 4.79 Å². The molecule has 2 heterocycles. The molecule has 0 saturated heterocycles. The lowest BCUT2D eigenvalue weighted by Crippen LogP contribution is -2.18. The third-order valence-corrected chi connectivity index (χ3v) is 4.30. The van der Waals surface area contributed by atoms with E-state index in [4.69, 9.17) is 18.6 Å². The molecule has 4 rings (SSSR count). The van der Waals surface area contributed by atoms with E-state index in [0.717, 1.165) is 22.6 Å². The third kappa shape index (κ3) is 3.59. The van der Waals surface area contributed by atoms with Crippen LogP contribution < -0.4 is 9.47 Å². The molecular formula is C21H18N2O5. The summed E-state index contributed by atoms with van der Waals surface area (Å²) in [5.41, 5.74) is 2.02. The zero-order valence-electron chi connectivity index (χ0n) is 15.4. The monoisotopic (exact) mass is 378 g/mol. The second-order valence-electron chi connectivity index (χ2n) is 6.22. The summed E-state index contributed by atoms with van der Waals surface area (Å²) in [7, 11) is 1.60. The SMILES string of the molecule is COc1ccc(-c2nnc([C@@H](C)OC(=O)C3=Cc4ccccc4OC3)o2)cc1. The molecular weight excluding hydrogens is 360 g/mol. The number of aromatic nitrogens is 2. The molecule has 1 aliphatic rings. The summed E-state index contributed by atoms with van der Waals surface area (Å²) in [4.78, 5) is 12.5. The first-order valence-electron chi connectivity index (χ1n) is 8.75. The number of rotatable bonds is 5. The van der Waals surface area contributed by atoms with Crippen LogP contribution >= 0.6 is 0 Å². The van der Waals surface area contributed by atoms with Gasteiger partial charge in [-0.1, -0.05) is 18.2 Å². The zero-order chi connectivity index (χ0) is 19.5. The molecule has 0 aliphatic carbocycles. The molecule has 0 bridgehead atoms. The zero-order valence-corrected chi connectivity index (χ0v) is 15.4. The van der Waals surface area contributed by atoms with Crippen molar-refractivity contribution in [2.45, 2.75) is 13.0 Å². The summed E-state index contributed by atoms with van der Waals surface area (Å²) >= 11 is 0. The van der Waals surface area contributed by atoms with E-state index in [0.29, 0.717) is 11.5 Å². The average molecular weight is 378 g/mol. The normalized spacial score (nSPS) is 13.7. The highest BCUT2D eigenvalue weighted by Gasteiger charge is 2.23. The van der Waals surface area contributed by atoms with Crippen LogP contribution in [0.25, 0.3) is 17.5 Å². The molecule has 1 aliphatic heterocycles. The number of carbonyl (C=O) groups excluding carboxylic acids is 1. The van der Waals surface area contributed by atoms with Crippen molar-refractivity contribution in [1.29, 1.82) is 0 Å². The first-order valence-corrected chi connectivity index (χ1v) is 8.75. The molecule has 2 aromatic carbocycles. The van der Waals surface area contributed by atoms with E-state index in [2.05, 4.69) is 10.2 Å². The third-order valence-electron chi connectivity index (χ3n) is 4.30. The molecule has 0 radical (unpaired) electrons. The minimum atomic E-state index is -0.690. The Bertz CT molecular complexity index is 1020. The summed E-state index contributed by atoms with van der Waals surface area (Å²) in [6.45, 7) is 1.84. The van der Waals surface area contributed by atoms with Gasteiger partial charge in [-0.05, 0) is 43.3 Å². The Hall–Kier alpha value is -3.61. The lowest BCUT2D eigenvalue weighted by molar-refractivity contribution is -0.145. The van der Waals surface area contributed by atoms with Crippen LogP contribution in [0.15, 0.2) is 58.5 Å². The van der Waals surface area contributed by atoms with Gasteiger partial charge in [-0.2, -0.15) is 0 Å². The highest BCUT2D eigenvalue weighted by molar-refractivity contribution is 5.95. The van der Waals surface area contributed by atoms with Crippen LogP contribution in [0.1, 0.15) is 24.5 Å². The number of fused-ring (bicyclic) bond motifs is 1. The second-order valence-corrected chi connectivity index (χ2v) is 6.22. The van der Waals surface area contributed by atoms with Gasteiger partial charge in [-0.25, -0.2) is 4.79 Å². The molecule has 0 unspecified atom stereocenters. The Morgan fingerprint density at radius 3 is 2.68 bits per heavy atom. The predicted molar refractivity (Wildman–Crippen MR) is 101 cm³/mol. The van der Waals surface area contributed by atoms with E-state index in [-0.39, 0.29) is 12.5 Å². The maximum atomic E-state index is 12.5. The summed E-state index contributed by atoms with van der Waals surface area (Å²) in [6.07, 6.45) is 1.08. The van der Waals surface area contributed by atoms with Crippen molar-refractivity contribution < 1.29 is 23.4 Å². The summed E-state index contributed by atoms with van der Waals surface area (Å²) in [5.74, 6) is 1.56. The van der Waals surface area contributed by atoms with Crippen LogP contribution in [-0.4, -0.2) is 29.9 Å². The number of ether oxygens (including phenoxy) is 3. The summed E-state index contributed by atoms with van der Waals surface area (Å²) < 4.78 is 21.9. The van der Waals surface area contributed by atoms with Crippen molar-refractivity contribution in [2.75, 3.05) is 13.7 Å². The predicted octanol–water partition coefficient (Wildman–Crippen LogP) is 3.83. The Balaban J connectivity index is 1.45. The first kappa shape index (κ1) is 17.8. The number of methoxy groups -OCH3 is 1. The van der Waals surface area contributed by atoms with Gasteiger partial charge in [-0.15, -0.1) is 10.2 Å². The van der Waals surface area contributed by atoms with Gasteiger partial charge in [0.05, 0.1) is 12.7 Å². The summed E-state index contributed by atoms with van der Waals surface area (Å²) in [5, 5.41) is 8.02. The van der Waals surface area contributed by atoms with E-state index in [1.807, 2.05) is 36.4 Å². The van der Waals surface area contributed by atoms with Gasteiger partial charge < -0.3 is 18.6 Å². The van der Waals surface area contributed by atoms with Gasteiger partial charge in [0.15, 0.2) is 6.10 Å². The van der Waals surface area contributed by atoms with Crippen LogP contribution in [-0.2, 0) is 9.53 Å². The number of esters is 1. The highest BCUT2D eigenvalue weighted by atomic mass is 16.6. The van der Waals surface area contributed by atoms with Gasteiger partial charge in [-0.3, -0.25) is 0 Å². The Morgan fingerprint density at radius 1 is 1.11 bits per heavy atom. The molecule has 0 amide bonds. The molecule has 1 atom stereocenters. The van der Waals surface area contributed by atoms with Gasteiger partial charge >= 0.3 is 5.97 Å². The van der Waals surface area contributed by atoms with Crippen molar-refractivity contribution in [1.82, 2.24) is 10.2 Å². The van der Waals surface area contributed by atoms with E-state index >= 15 is 0 Å². The minimum absolute atomic E-state index is 0.156. The van der Waals surface area contributed by atoms with Crippen molar-refractivity contribution in [2.24, 2.45) is 0 Å². The largest absolute Gasteiger partial charge is 0.497 e. The highest BCUT2D eigenvalue weighted by Crippen LogP contribution is 2.28. The molecule has 28 heavy (non-hydrogen) atoms. The Labute approximate surface area is 161 Å². The fourth-order valence-corrected chi connectivity index (χ4v) is 2.77. The Kier molecular flexibility index (Phi) is 4.80. The molecule has 0 spiro atoms. The maximum Gasteiger partial charge on any atom is 0.338 e. The molecule has 142 valence electrons.